The first-order valence-corrected chi connectivity index (χ1v) is 10.6. The van der Waals surface area contributed by atoms with Gasteiger partial charge in [-0.2, -0.15) is 13.2 Å². The van der Waals surface area contributed by atoms with Gasteiger partial charge in [-0.15, -0.1) is 0 Å². The fourth-order valence-electron chi connectivity index (χ4n) is 3.12. The number of anilines is 1. The van der Waals surface area contributed by atoms with Crippen LogP contribution in [0.2, 0.25) is 5.02 Å². The number of ketones is 1. The first kappa shape index (κ1) is 26.7. The molecule has 0 amide bonds. The maximum Gasteiger partial charge on any atom is 0.417 e. The first-order chi connectivity index (χ1) is 16.8. The number of carbonyl (C=O) groups is 1. The molecule has 0 aliphatic carbocycles. The molecule has 8 nitrogen and oxygen atoms in total. The fourth-order valence-corrected chi connectivity index (χ4v) is 3.41. The third-order valence-electron chi connectivity index (χ3n) is 4.98. The lowest BCUT2D eigenvalue weighted by molar-refractivity contribution is -0.137. The molecule has 0 aliphatic heterocycles. The minimum atomic E-state index is -4.69. The summed E-state index contributed by atoms with van der Waals surface area (Å²) < 4.78 is 53.9. The van der Waals surface area contributed by atoms with Crippen molar-refractivity contribution >= 4 is 23.2 Å². The molecular formula is C23H20ClF4N5O3. The lowest BCUT2D eigenvalue weighted by Gasteiger charge is -2.23. The molecule has 0 saturated heterocycles. The van der Waals surface area contributed by atoms with E-state index in [2.05, 4.69) is 4.98 Å². The fraction of sp³-hybridized carbons (Fsp3) is 0.217. The molecule has 3 aromatic rings. The molecule has 13 heteroatoms. The van der Waals surface area contributed by atoms with Crippen LogP contribution in [0.15, 0.2) is 64.6 Å². The summed E-state index contributed by atoms with van der Waals surface area (Å²) in [6.07, 6.45) is -0.658. The van der Waals surface area contributed by atoms with Gasteiger partial charge < -0.3 is 4.90 Å². The second-order valence-corrected chi connectivity index (χ2v) is 8.29. The van der Waals surface area contributed by atoms with Gasteiger partial charge in [0.15, 0.2) is 11.6 Å². The average molecular weight is 526 g/mol. The number of hydrogen-bond donors (Lipinski definition) is 0. The molecule has 0 aliphatic rings. The Morgan fingerprint density at radius 2 is 1.78 bits per heavy atom. The van der Waals surface area contributed by atoms with Gasteiger partial charge in [0.2, 0.25) is 0 Å². The normalized spacial score (nSPS) is 11.7. The minimum absolute atomic E-state index is 0.235. The maximum absolute atomic E-state index is 13.3. The van der Waals surface area contributed by atoms with Gasteiger partial charge in [-0.1, -0.05) is 23.7 Å². The number of carbonyl (C=O) groups excluding carboxylic acids is 1. The van der Waals surface area contributed by atoms with Crippen molar-refractivity contribution < 1.29 is 22.4 Å². The zero-order valence-electron chi connectivity index (χ0n) is 19.3. The van der Waals surface area contributed by atoms with E-state index >= 15 is 0 Å². The molecule has 0 N–H and O–H groups in total. The molecule has 190 valence electrons. The number of pyridine rings is 1. The van der Waals surface area contributed by atoms with Gasteiger partial charge in [-0.05, 0) is 23.8 Å². The molecule has 1 aromatic carbocycles. The zero-order valence-corrected chi connectivity index (χ0v) is 20.0. The Kier molecular flexibility index (Phi) is 7.68. The zero-order chi connectivity index (χ0) is 26.8. The monoisotopic (exact) mass is 525 g/mol. The number of allylic oxidation sites excluding steroid dienone is 1. The minimum Gasteiger partial charge on any atom is -0.383 e. The Labute approximate surface area is 207 Å². The van der Waals surface area contributed by atoms with E-state index in [1.54, 1.807) is 19.0 Å². The average Bonchev–Trinajstić information content (AvgIpc) is 2.80. The highest BCUT2D eigenvalue weighted by Crippen LogP contribution is 2.33. The van der Waals surface area contributed by atoms with Crippen LogP contribution in [0.5, 0.6) is 0 Å². The molecule has 0 atom stereocenters. The van der Waals surface area contributed by atoms with Crippen molar-refractivity contribution in [1.29, 1.82) is 0 Å². The van der Waals surface area contributed by atoms with Crippen LogP contribution < -0.4 is 16.3 Å². The Bertz CT molecular complexity index is 1430. The van der Waals surface area contributed by atoms with Crippen molar-refractivity contribution in [3.8, 4) is 0 Å². The molecule has 36 heavy (non-hydrogen) atoms. The standard InChI is InChI=1S/C23H20ClF4N5O3/c1-30(2)9-8-19(34)17-13-33(31(3)20-18(24)10-15(11-29-20)23(26,27)28)22(36)32(21(17)35)12-14-4-6-16(25)7-5-14/h4-11,13H,12H2,1-3H3. The molecule has 2 aromatic heterocycles. The van der Waals surface area contributed by atoms with E-state index in [0.717, 1.165) is 38.7 Å². The van der Waals surface area contributed by atoms with Crippen LogP contribution in [0.25, 0.3) is 0 Å². The number of rotatable bonds is 7. The van der Waals surface area contributed by atoms with Crippen LogP contribution in [0.1, 0.15) is 21.5 Å². The van der Waals surface area contributed by atoms with Gasteiger partial charge >= 0.3 is 11.9 Å². The van der Waals surface area contributed by atoms with Gasteiger partial charge in [0.05, 0.1) is 17.1 Å². The molecule has 0 radical (unpaired) electrons. The second-order valence-electron chi connectivity index (χ2n) is 7.88. The lowest BCUT2D eigenvalue weighted by atomic mass is 10.2. The van der Waals surface area contributed by atoms with E-state index in [4.69, 9.17) is 11.6 Å². The van der Waals surface area contributed by atoms with Crippen LogP contribution in [0.4, 0.5) is 23.4 Å². The number of alkyl halides is 3. The van der Waals surface area contributed by atoms with Crippen molar-refractivity contribution in [2.24, 2.45) is 0 Å². The predicted molar refractivity (Wildman–Crippen MR) is 126 cm³/mol. The van der Waals surface area contributed by atoms with E-state index in [0.29, 0.717) is 17.8 Å². The number of nitrogens with zero attached hydrogens (tertiary/aromatic N) is 5. The Hall–Kier alpha value is -3.93. The lowest BCUT2D eigenvalue weighted by Crippen LogP contribution is -2.48. The van der Waals surface area contributed by atoms with E-state index in [-0.39, 0.29) is 12.4 Å². The number of hydrogen-bond acceptors (Lipinski definition) is 6. The van der Waals surface area contributed by atoms with Crippen LogP contribution in [0, 0.1) is 5.82 Å². The second kappa shape index (κ2) is 10.4. The van der Waals surface area contributed by atoms with Crippen molar-refractivity contribution in [2.45, 2.75) is 12.7 Å². The van der Waals surface area contributed by atoms with Crippen molar-refractivity contribution in [1.82, 2.24) is 19.1 Å². The highest BCUT2D eigenvalue weighted by molar-refractivity contribution is 6.33. The van der Waals surface area contributed by atoms with Gasteiger partial charge in [0.25, 0.3) is 5.56 Å². The van der Waals surface area contributed by atoms with Crippen LogP contribution >= 0.6 is 11.6 Å². The molecule has 0 bridgehead atoms. The summed E-state index contributed by atoms with van der Waals surface area (Å²) in [5.41, 5.74) is -2.94. The summed E-state index contributed by atoms with van der Waals surface area (Å²) >= 11 is 6.03. The number of halogens is 5. The molecule has 0 spiro atoms. The highest BCUT2D eigenvalue weighted by atomic mass is 35.5. The van der Waals surface area contributed by atoms with E-state index in [1.807, 2.05) is 0 Å². The van der Waals surface area contributed by atoms with E-state index in [1.165, 1.54) is 25.4 Å². The van der Waals surface area contributed by atoms with Gasteiger partial charge in [0, 0.05) is 45.8 Å². The smallest absolute Gasteiger partial charge is 0.383 e. The van der Waals surface area contributed by atoms with Crippen molar-refractivity contribution in [3.63, 3.8) is 0 Å². The van der Waals surface area contributed by atoms with E-state index in [9.17, 15) is 31.9 Å². The van der Waals surface area contributed by atoms with Crippen molar-refractivity contribution in [2.75, 3.05) is 26.2 Å². The number of benzene rings is 1. The SMILES string of the molecule is CN(C)C=CC(=O)c1cn(N(C)c2ncc(C(F)(F)F)cc2Cl)c(=O)n(Cc2ccc(F)cc2)c1=O. The first-order valence-electron chi connectivity index (χ1n) is 10.3. The quantitative estimate of drug-likeness (QED) is 0.267. The molecular weight excluding hydrogens is 506 g/mol. The third-order valence-corrected chi connectivity index (χ3v) is 5.25. The topological polar surface area (TPSA) is 80.4 Å². The summed E-state index contributed by atoms with van der Waals surface area (Å²) in [4.78, 5) is 44.4. The largest absolute Gasteiger partial charge is 0.417 e. The van der Waals surface area contributed by atoms with Crippen LogP contribution in [0.3, 0.4) is 0 Å². The molecule has 0 fully saturated rings. The Balaban J connectivity index is 2.19. The van der Waals surface area contributed by atoms with Crippen molar-refractivity contribution in [3.05, 3.63) is 103 Å². The summed E-state index contributed by atoms with van der Waals surface area (Å²) in [6, 6.07) is 5.66. The summed E-state index contributed by atoms with van der Waals surface area (Å²) in [5, 5.41) is 0.591. The molecule has 0 unspecified atom stereocenters. The summed E-state index contributed by atoms with van der Waals surface area (Å²) in [5.74, 6) is -1.49. The highest BCUT2D eigenvalue weighted by Gasteiger charge is 2.32. The Morgan fingerprint density at radius 1 is 1.14 bits per heavy atom. The van der Waals surface area contributed by atoms with Gasteiger partial charge in [-0.25, -0.2) is 18.8 Å². The summed E-state index contributed by atoms with van der Waals surface area (Å²) in [7, 11) is 4.59. The summed E-state index contributed by atoms with van der Waals surface area (Å²) in [6.45, 7) is -0.307. The van der Waals surface area contributed by atoms with Crippen LogP contribution in [-0.2, 0) is 12.7 Å². The predicted octanol–water partition coefficient (Wildman–Crippen LogP) is 3.42. The van der Waals surface area contributed by atoms with Crippen LogP contribution in [-0.4, -0.2) is 46.1 Å². The molecule has 3 rings (SSSR count). The Morgan fingerprint density at radius 3 is 2.33 bits per heavy atom. The van der Waals surface area contributed by atoms with Gasteiger partial charge in [0.1, 0.15) is 11.4 Å². The molecule has 2 heterocycles. The van der Waals surface area contributed by atoms with Gasteiger partial charge in [-0.3, -0.25) is 19.2 Å². The number of aromatic nitrogens is 3. The third kappa shape index (κ3) is 5.82. The maximum atomic E-state index is 13.3. The van der Waals surface area contributed by atoms with E-state index < -0.39 is 45.2 Å². The molecule has 0 saturated carbocycles.